The number of pyridine rings is 1. The number of fused-ring (bicyclic) bond motifs is 1. The molecule has 4 nitrogen and oxygen atoms in total. The van der Waals surface area contributed by atoms with Crippen LogP contribution in [0.2, 0.25) is 0 Å². The largest absolute Gasteiger partial charge is 2.00 e. The summed E-state index contributed by atoms with van der Waals surface area (Å²) in [5.74, 6) is 0.894. The van der Waals surface area contributed by atoms with Crippen molar-refractivity contribution >= 4 is 22.4 Å². The first-order chi connectivity index (χ1) is 20.1. The van der Waals surface area contributed by atoms with Crippen molar-refractivity contribution in [1.82, 2.24) is 14.5 Å². The Bertz CT molecular complexity index is 1860. The second-order valence-electron chi connectivity index (χ2n) is 12.7. The number of rotatable bonds is 5. The third-order valence-electron chi connectivity index (χ3n) is 7.54. The molecule has 2 aromatic heterocycles. The van der Waals surface area contributed by atoms with E-state index in [2.05, 4.69) is 118 Å². The van der Waals surface area contributed by atoms with Crippen molar-refractivity contribution in [2.45, 2.75) is 52.5 Å². The van der Waals surface area contributed by atoms with Crippen molar-refractivity contribution in [1.29, 1.82) is 0 Å². The van der Waals surface area contributed by atoms with Gasteiger partial charge >= 0.3 is 21.1 Å². The standard InChI is InChI=1S/C38H36N4.Pt/c1-37(2,3)27-22-23-33(30(25-27)31-19-12-13-24-39-31)40-32-20-11-10-17-29(32)36-41-35-28(26-15-8-7-9-16-26)18-14-21-34(35)42(36)38(4,5)6;/h7-15,17-25H,1-6H3;/q-2;+2. The number of nitrogens with zero attached hydrogens (tertiary/aromatic N) is 4. The topological polar surface area (TPSA) is 44.8 Å². The average Bonchev–Trinajstić information content (AvgIpc) is 3.38. The maximum Gasteiger partial charge on any atom is 2.00 e. The van der Waals surface area contributed by atoms with Crippen LogP contribution in [0.25, 0.3) is 50.1 Å². The molecule has 0 radical (unpaired) electrons. The number of hydrogen-bond acceptors (Lipinski definition) is 2. The fraction of sp³-hybridized carbons (Fsp3) is 0.211. The van der Waals surface area contributed by atoms with Crippen LogP contribution >= 0.6 is 0 Å². The van der Waals surface area contributed by atoms with Gasteiger partial charge in [-0.25, -0.2) is 4.98 Å². The van der Waals surface area contributed by atoms with E-state index in [9.17, 15) is 0 Å². The number of aromatic nitrogens is 3. The van der Waals surface area contributed by atoms with E-state index in [0.29, 0.717) is 0 Å². The summed E-state index contributed by atoms with van der Waals surface area (Å²) in [5, 5.41) is 5.29. The van der Waals surface area contributed by atoms with Gasteiger partial charge in [-0.05, 0) is 55.5 Å². The van der Waals surface area contributed by atoms with Gasteiger partial charge in [0.15, 0.2) is 0 Å². The molecule has 0 N–H and O–H groups in total. The Kier molecular flexibility index (Phi) is 8.45. The SMILES string of the molecule is CC(C)(C)c1ccc([N-]c2ccccc2-c2nc3c(-c4[c-]cccc4)cccc3n2C(C)(C)C)c(-c2ccccn2)c1.[Pt+2]. The summed E-state index contributed by atoms with van der Waals surface area (Å²) in [4.78, 5) is 10.0. The van der Waals surface area contributed by atoms with Gasteiger partial charge in [0.25, 0.3) is 0 Å². The maximum absolute atomic E-state index is 5.33. The first-order valence-electron chi connectivity index (χ1n) is 14.5. The normalized spacial score (nSPS) is 11.8. The van der Waals surface area contributed by atoms with E-state index in [4.69, 9.17) is 10.3 Å². The van der Waals surface area contributed by atoms with Crippen LogP contribution in [0.1, 0.15) is 47.1 Å². The minimum Gasteiger partial charge on any atom is -0.657 e. The summed E-state index contributed by atoms with van der Waals surface area (Å²) in [6.07, 6.45) is 1.84. The molecule has 5 heteroatoms. The number of imidazole rings is 1. The molecule has 43 heavy (non-hydrogen) atoms. The smallest absolute Gasteiger partial charge is 0.657 e. The molecule has 218 valence electrons. The van der Waals surface area contributed by atoms with Crippen LogP contribution in [-0.4, -0.2) is 14.5 Å². The van der Waals surface area contributed by atoms with E-state index in [-0.39, 0.29) is 32.0 Å². The molecule has 0 saturated heterocycles. The summed E-state index contributed by atoms with van der Waals surface area (Å²) in [6.45, 7) is 13.4. The zero-order valence-electron chi connectivity index (χ0n) is 25.5. The van der Waals surface area contributed by atoms with Gasteiger partial charge in [0, 0.05) is 17.3 Å². The van der Waals surface area contributed by atoms with E-state index in [1.54, 1.807) is 0 Å². The van der Waals surface area contributed by atoms with E-state index >= 15 is 0 Å². The van der Waals surface area contributed by atoms with Crippen LogP contribution < -0.4 is 0 Å². The molecule has 0 bridgehead atoms. The molecule has 2 heterocycles. The quantitative estimate of drug-likeness (QED) is 0.165. The first kappa shape index (κ1) is 30.4. The molecule has 0 unspecified atom stereocenters. The van der Waals surface area contributed by atoms with Gasteiger partial charge in [0.2, 0.25) is 0 Å². The second kappa shape index (κ2) is 11.9. The predicted octanol–water partition coefficient (Wildman–Crippen LogP) is 10.6. The summed E-state index contributed by atoms with van der Waals surface area (Å²) < 4.78 is 2.34. The molecular formula is C38H36N4Pt. The van der Waals surface area contributed by atoms with Crippen LogP contribution in [0.5, 0.6) is 0 Å². The van der Waals surface area contributed by atoms with Gasteiger partial charge in [0.05, 0.1) is 16.7 Å². The molecular weight excluding hydrogens is 708 g/mol. The minimum atomic E-state index is -0.219. The maximum atomic E-state index is 5.33. The Balaban J connectivity index is 0.00000368. The van der Waals surface area contributed by atoms with Crippen molar-refractivity contribution in [3.63, 3.8) is 0 Å². The summed E-state index contributed by atoms with van der Waals surface area (Å²) in [5.41, 5.74) is 9.85. The molecule has 6 rings (SSSR count). The zero-order chi connectivity index (χ0) is 29.5. The molecule has 0 atom stereocenters. The summed E-state index contributed by atoms with van der Waals surface area (Å²) >= 11 is 0. The third kappa shape index (κ3) is 6.08. The number of para-hydroxylation sites is 2. The van der Waals surface area contributed by atoms with E-state index in [1.165, 1.54) is 5.56 Å². The van der Waals surface area contributed by atoms with Gasteiger partial charge in [-0.3, -0.25) is 4.98 Å². The molecule has 0 fully saturated rings. The Labute approximate surface area is 269 Å². The first-order valence-corrected chi connectivity index (χ1v) is 14.5. The Morgan fingerprint density at radius 3 is 2.12 bits per heavy atom. The van der Waals surface area contributed by atoms with Gasteiger partial charge in [-0.2, -0.15) is 0 Å². The molecule has 0 aliphatic heterocycles. The van der Waals surface area contributed by atoms with Crippen LogP contribution in [0.4, 0.5) is 11.4 Å². The molecule has 6 aromatic rings. The van der Waals surface area contributed by atoms with E-state index in [1.807, 2.05) is 48.7 Å². The monoisotopic (exact) mass is 743 g/mol. The average molecular weight is 744 g/mol. The molecule has 0 aliphatic rings. The summed E-state index contributed by atoms with van der Waals surface area (Å²) in [6, 6.07) is 38.7. The third-order valence-corrected chi connectivity index (χ3v) is 7.54. The van der Waals surface area contributed by atoms with Crippen LogP contribution in [0.3, 0.4) is 0 Å². The number of hydrogen-bond donors (Lipinski definition) is 0. The molecule has 0 aliphatic carbocycles. The zero-order valence-corrected chi connectivity index (χ0v) is 27.8. The molecule has 4 aromatic carbocycles. The van der Waals surface area contributed by atoms with Crippen molar-refractivity contribution in [3.8, 4) is 33.8 Å². The van der Waals surface area contributed by atoms with Crippen LogP contribution in [0.15, 0.2) is 109 Å². The predicted molar refractivity (Wildman–Crippen MR) is 175 cm³/mol. The summed E-state index contributed by atoms with van der Waals surface area (Å²) in [7, 11) is 0. The molecule has 0 amide bonds. The second-order valence-corrected chi connectivity index (χ2v) is 12.7. The van der Waals surface area contributed by atoms with E-state index in [0.717, 1.165) is 56.2 Å². The Hall–Kier alpha value is -4.01. The fourth-order valence-corrected chi connectivity index (χ4v) is 5.45. The Morgan fingerprint density at radius 2 is 1.42 bits per heavy atom. The van der Waals surface area contributed by atoms with Crippen molar-refractivity contribution < 1.29 is 21.1 Å². The van der Waals surface area contributed by atoms with Gasteiger partial charge in [0.1, 0.15) is 5.82 Å². The van der Waals surface area contributed by atoms with Crippen molar-refractivity contribution in [3.05, 3.63) is 126 Å². The number of benzene rings is 4. The van der Waals surface area contributed by atoms with Crippen LogP contribution in [-0.2, 0) is 32.0 Å². The van der Waals surface area contributed by atoms with E-state index < -0.39 is 0 Å². The van der Waals surface area contributed by atoms with Gasteiger partial charge in [-0.15, -0.1) is 47.3 Å². The Morgan fingerprint density at radius 1 is 0.698 bits per heavy atom. The fourth-order valence-electron chi connectivity index (χ4n) is 5.45. The molecule has 0 saturated carbocycles. The van der Waals surface area contributed by atoms with Crippen molar-refractivity contribution in [2.24, 2.45) is 0 Å². The van der Waals surface area contributed by atoms with Crippen LogP contribution in [0, 0.1) is 6.07 Å². The molecule has 0 spiro atoms. The minimum absolute atomic E-state index is 0. The van der Waals surface area contributed by atoms with Crippen molar-refractivity contribution in [2.75, 3.05) is 0 Å². The van der Waals surface area contributed by atoms with Gasteiger partial charge < -0.3 is 9.88 Å². The van der Waals surface area contributed by atoms with Gasteiger partial charge in [-0.1, -0.05) is 87.0 Å².